The number of allylic oxidation sites excluding steroid dienone is 4. The molecule has 0 fully saturated rings. The third kappa shape index (κ3) is 6.31. The maximum absolute atomic E-state index is 12.1. The molecule has 26 heavy (non-hydrogen) atoms. The van der Waals surface area contributed by atoms with E-state index in [-0.39, 0.29) is 36.2 Å². The van der Waals surface area contributed by atoms with E-state index in [0.717, 1.165) is 11.1 Å². The molecule has 2 aliphatic rings. The number of hydrogen-bond donors (Lipinski definition) is 0. The van der Waals surface area contributed by atoms with Gasteiger partial charge in [-0.25, -0.2) is 0 Å². The maximum Gasteiger partial charge on any atom is 0.161 e. The molecule has 0 amide bonds. The number of ketones is 2. The molecule has 0 saturated carbocycles. The number of ether oxygens (including phenoxy) is 3. The molecule has 0 heterocycles. The fourth-order valence-corrected chi connectivity index (χ4v) is 3.21. The SMILES string of the molecule is CCOC(C)O[C@H]1C=C(C/C=C/CC2=C[C@H](OC(C)C)CC2=O)C(=O)C1. The van der Waals surface area contributed by atoms with Gasteiger partial charge in [0, 0.05) is 19.4 Å². The van der Waals surface area contributed by atoms with Crippen LogP contribution in [0.1, 0.15) is 53.4 Å². The second kappa shape index (κ2) is 9.95. The molecular formula is C21H30O5. The number of rotatable bonds is 10. The average molecular weight is 362 g/mol. The molecule has 2 rings (SSSR count). The van der Waals surface area contributed by atoms with Crippen molar-refractivity contribution in [1.29, 1.82) is 0 Å². The van der Waals surface area contributed by atoms with E-state index in [1.165, 1.54) is 0 Å². The summed E-state index contributed by atoms with van der Waals surface area (Å²) in [5, 5.41) is 0. The Morgan fingerprint density at radius 2 is 1.46 bits per heavy atom. The molecule has 0 aromatic carbocycles. The maximum atomic E-state index is 12.1. The highest BCUT2D eigenvalue weighted by Gasteiger charge is 2.26. The molecule has 0 bridgehead atoms. The molecular weight excluding hydrogens is 332 g/mol. The molecule has 3 atom stereocenters. The van der Waals surface area contributed by atoms with Gasteiger partial charge in [0.1, 0.15) is 0 Å². The lowest BCUT2D eigenvalue weighted by Crippen LogP contribution is -2.20. The molecule has 1 unspecified atom stereocenters. The minimum absolute atomic E-state index is 0.102. The van der Waals surface area contributed by atoms with Gasteiger partial charge >= 0.3 is 0 Å². The fourth-order valence-electron chi connectivity index (χ4n) is 3.21. The van der Waals surface area contributed by atoms with E-state index in [4.69, 9.17) is 14.2 Å². The summed E-state index contributed by atoms with van der Waals surface area (Å²) in [5.41, 5.74) is 1.56. The summed E-state index contributed by atoms with van der Waals surface area (Å²) < 4.78 is 16.7. The lowest BCUT2D eigenvalue weighted by molar-refractivity contribution is -0.147. The van der Waals surface area contributed by atoms with Gasteiger partial charge < -0.3 is 14.2 Å². The quantitative estimate of drug-likeness (QED) is 0.438. The van der Waals surface area contributed by atoms with Crippen LogP contribution in [0.2, 0.25) is 0 Å². The number of Topliss-reactive ketones (excluding diaryl/α,β-unsaturated/α-hetero) is 2. The minimum atomic E-state index is -0.315. The highest BCUT2D eigenvalue weighted by molar-refractivity contribution is 5.99. The fraction of sp³-hybridized carbons (Fsp3) is 0.619. The van der Waals surface area contributed by atoms with Crippen molar-refractivity contribution in [3.63, 3.8) is 0 Å². The van der Waals surface area contributed by atoms with Gasteiger partial charge in [0.15, 0.2) is 17.9 Å². The Morgan fingerprint density at radius 3 is 1.92 bits per heavy atom. The van der Waals surface area contributed by atoms with Gasteiger partial charge in [-0.1, -0.05) is 12.2 Å². The Labute approximate surface area is 156 Å². The van der Waals surface area contributed by atoms with Crippen LogP contribution in [0.4, 0.5) is 0 Å². The largest absolute Gasteiger partial charge is 0.371 e. The standard InChI is InChI=1S/C21H30O5/c1-5-24-15(4)26-19-11-17(21(23)13-19)9-7-6-8-16-10-18(12-20(16)22)25-14(2)3/h6-7,10-11,14-15,18-19H,5,8-9,12-13H2,1-4H3/b7-6+/t15?,18-,19-/m0/s1. The van der Waals surface area contributed by atoms with Gasteiger partial charge in [0.25, 0.3) is 0 Å². The molecule has 0 N–H and O–H groups in total. The Balaban J connectivity index is 1.80. The summed E-state index contributed by atoms with van der Waals surface area (Å²) in [5.74, 6) is 0.264. The van der Waals surface area contributed by atoms with Crippen LogP contribution in [0, 0.1) is 0 Å². The monoisotopic (exact) mass is 362 g/mol. The number of carbonyl (C=O) groups is 2. The van der Waals surface area contributed by atoms with Gasteiger partial charge in [0.2, 0.25) is 0 Å². The second-order valence-corrected chi connectivity index (χ2v) is 6.94. The molecule has 2 aliphatic carbocycles. The van der Waals surface area contributed by atoms with Gasteiger partial charge in [0.05, 0.1) is 18.3 Å². The Kier molecular flexibility index (Phi) is 7.94. The van der Waals surface area contributed by atoms with Crippen LogP contribution in [-0.2, 0) is 23.8 Å². The average Bonchev–Trinajstić information content (AvgIpc) is 3.06. The highest BCUT2D eigenvalue weighted by atomic mass is 16.7. The van der Waals surface area contributed by atoms with E-state index in [2.05, 4.69) is 0 Å². The van der Waals surface area contributed by atoms with Gasteiger partial charge in [-0.3, -0.25) is 9.59 Å². The smallest absolute Gasteiger partial charge is 0.161 e. The minimum Gasteiger partial charge on any atom is -0.371 e. The van der Waals surface area contributed by atoms with E-state index in [1.54, 1.807) is 0 Å². The van der Waals surface area contributed by atoms with Crippen molar-refractivity contribution < 1.29 is 23.8 Å². The highest BCUT2D eigenvalue weighted by Crippen LogP contribution is 2.24. The predicted octanol–water partition coefficient (Wildman–Crippen LogP) is 3.68. The first-order chi connectivity index (χ1) is 12.4. The topological polar surface area (TPSA) is 61.8 Å². The summed E-state index contributed by atoms with van der Waals surface area (Å²) in [4.78, 5) is 24.1. The molecule has 0 spiro atoms. The first kappa shape index (κ1) is 20.7. The van der Waals surface area contributed by atoms with E-state index < -0.39 is 0 Å². The molecule has 0 aromatic rings. The summed E-state index contributed by atoms with van der Waals surface area (Å²) in [7, 11) is 0. The summed E-state index contributed by atoms with van der Waals surface area (Å²) in [6, 6.07) is 0. The van der Waals surface area contributed by atoms with Crippen LogP contribution in [-0.4, -0.2) is 42.8 Å². The van der Waals surface area contributed by atoms with E-state index in [1.807, 2.05) is 52.0 Å². The molecule has 0 radical (unpaired) electrons. The Bertz CT molecular complexity index is 600. The van der Waals surface area contributed by atoms with Gasteiger partial charge in [-0.2, -0.15) is 0 Å². The zero-order chi connectivity index (χ0) is 19.1. The van der Waals surface area contributed by atoms with Crippen LogP contribution in [0.5, 0.6) is 0 Å². The third-order valence-electron chi connectivity index (χ3n) is 4.32. The van der Waals surface area contributed by atoms with E-state index in [9.17, 15) is 9.59 Å². The van der Waals surface area contributed by atoms with Crippen LogP contribution in [0.25, 0.3) is 0 Å². The van der Waals surface area contributed by atoms with Gasteiger partial charge in [-0.15, -0.1) is 0 Å². The van der Waals surface area contributed by atoms with Crippen molar-refractivity contribution in [2.24, 2.45) is 0 Å². The Morgan fingerprint density at radius 1 is 0.962 bits per heavy atom. The van der Waals surface area contributed by atoms with Crippen molar-refractivity contribution in [3.8, 4) is 0 Å². The normalized spacial score (nSPS) is 24.7. The summed E-state index contributed by atoms with van der Waals surface area (Å²) in [6.07, 6.45) is 9.14. The summed E-state index contributed by atoms with van der Waals surface area (Å²) >= 11 is 0. The van der Waals surface area contributed by atoms with Crippen LogP contribution < -0.4 is 0 Å². The Hall–Kier alpha value is -1.56. The zero-order valence-electron chi connectivity index (χ0n) is 16.2. The lowest BCUT2D eigenvalue weighted by Gasteiger charge is -2.16. The lowest BCUT2D eigenvalue weighted by atomic mass is 10.1. The molecule has 144 valence electrons. The molecule has 5 heteroatoms. The van der Waals surface area contributed by atoms with E-state index in [0.29, 0.717) is 32.3 Å². The molecule has 0 aliphatic heterocycles. The number of carbonyl (C=O) groups excluding carboxylic acids is 2. The first-order valence-electron chi connectivity index (χ1n) is 9.44. The number of hydrogen-bond acceptors (Lipinski definition) is 5. The molecule has 0 saturated heterocycles. The van der Waals surface area contributed by atoms with E-state index >= 15 is 0 Å². The third-order valence-corrected chi connectivity index (χ3v) is 4.32. The van der Waals surface area contributed by atoms with Crippen molar-refractivity contribution in [3.05, 3.63) is 35.5 Å². The molecule has 0 aromatic heterocycles. The zero-order valence-corrected chi connectivity index (χ0v) is 16.2. The molecule has 5 nitrogen and oxygen atoms in total. The van der Waals surface area contributed by atoms with Crippen LogP contribution >= 0.6 is 0 Å². The van der Waals surface area contributed by atoms with Crippen molar-refractivity contribution in [1.82, 2.24) is 0 Å². The summed E-state index contributed by atoms with van der Waals surface area (Å²) in [6.45, 7) is 8.26. The van der Waals surface area contributed by atoms with Crippen molar-refractivity contribution in [2.45, 2.75) is 78.0 Å². The van der Waals surface area contributed by atoms with Gasteiger partial charge in [-0.05, 0) is 63.8 Å². The van der Waals surface area contributed by atoms with Crippen molar-refractivity contribution >= 4 is 11.6 Å². The van der Waals surface area contributed by atoms with Crippen LogP contribution in [0.15, 0.2) is 35.5 Å². The first-order valence-corrected chi connectivity index (χ1v) is 9.44. The second-order valence-electron chi connectivity index (χ2n) is 6.94. The van der Waals surface area contributed by atoms with Crippen LogP contribution in [0.3, 0.4) is 0 Å². The van der Waals surface area contributed by atoms with Crippen molar-refractivity contribution in [2.75, 3.05) is 6.61 Å². The predicted molar refractivity (Wildman–Crippen MR) is 99.8 cm³/mol.